The van der Waals surface area contributed by atoms with Crippen molar-refractivity contribution in [1.29, 1.82) is 0 Å². The number of rotatable bonds is 2. The number of aryl methyl sites for hydroxylation is 1. The molecule has 0 aliphatic carbocycles. The molecule has 0 radical (unpaired) electrons. The number of nitrogens with two attached hydrogens (primary N) is 1. The van der Waals surface area contributed by atoms with Crippen LogP contribution in [-0.2, 0) is 0 Å². The summed E-state index contributed by atoms with van der Waals surface area (Å²) in [6.45, 7) is 1.65. The Hall–Kier alpha value is -1.22. The number of hydrogen-bond acceptors (Lipinski definition) is 2. The minimum absolute atomic E-state index is 0.0810. The summed E-state index contributed by atoms with van der Waals surface area (Å²) in [4.78, 5) is 11.0. The van der Waals surface area contributed by atoms with E-state index in [4.69, 9.17) is 5.73 Å². The van der Waals surface area contributed by atoms with Crippen LogP contribution in [0.25, 0.3) is 0 Å². The second-order valence-electron chi connectivity index (χ2n) is 2.61. The van der Waals surface area contributed by atoms with Crippen LogP contribution in [0, 0.1) is 12.7 Å². The fourth-order valence-electron chi connectivity index (χ4n) is 0.963. The third kappa shape index (κ3) is 1.68. The molecule has 12 heavy (non-hydrogen) atoms. The molecular formula is C9H10FNO. The first-order chi connectivity index (χ1) is 5.65. The third-order valence-electron chi connectivity index (χ3n) is 1.61. The van der Waals surface area contributed by atoms with Crippen LogP contribution in [0.15, 0.2) is 18.2 Å². The van der Waals surface area contributed by atoms with Gasteiger partial charge >= 0.3 is 0 Å². The molecule has 0 saturated heterocycles. The zero-order valence-electron chi connectivity index (χ0n) is 6.80. The van der Waals surface area contributed by atoms with Crippen molar-refractivity contribution < 1.29 is 9.18 Å². The molecule has 64 valence electrons. The van der Waals surface area contributed by atoms with Gasteiger partial charge in [-0.1, -0.05) is 11.6 Å². The summed E-state index contributed by atoms with van der Waals surface area (Å²) in [5.74, 6) is -0.868. The SMILES string of the molecule is Cc1ccc(F)c(C(=O)CN)c1. The number of carbonyl (C=O) groups excluding carboxylic acids is 1. The molecule has 0 saturated carbocycles. The molecule has 0 heterocycles. The Morgan fingerprint density at radius 2 is 2.25 bits per heavy atom. The monoisotopic (exact) mass is 167 g/mol. The molecule has 2 N–H and O–H groups in total. The average Bonchev–Trinajstić information content (AvgIpc) is 2.08. The van der Waals surface area contributed by atoms with E-state index in [1.165, 1.54) is 12.1 Å². The summed E-state index contributed by atoms with van der Waals surface area (Å²) < 4.78 is 12.9. The molecule has 3 heteroatoms. The van der Waals surface area contributed by atoms with E-state index in [1.807, 2.05) is 0 Å². The van der Waals surface area contributed by atoms with E-state index in [1.54, 1.807) is 13.0 Å². The van der Waals surface area contributed by atoms with E-state index in [-0.39, 0.29) is 17.9 Å². The zero-order valence-corrected chi connectivity index (χ0v) is 6.80. The van der Waals surface area contributed by atoms with Crippen LogP contribution < -0.4 is 5.73 Å². The second-order valence-corrected chi connectivity index (χ2v) is 2.61. The molecule has 1 aromatic carbocycles. The van der Waals surface area contributed by atoms with Crippen LogP contribution in [0.4, 0.5) is 4.39 Å². The van der Waals surface area contributed by atoms with Crippen LogP contribution >= 0.6 is 0 Å². The maximum atomic E-state index is 12.9. The van der Waals surface area contributed by atoms with Crippen molar-refractivity contribution >= 4 is 5.78 Å². The van der Waals surface area contributed by atoms with Crippen LogP contribution in [0.2, 0.25) is 0 Å². The van der Waals surface area contributed by atoms with Crippen molar-refractivity contribution in [1.82, 2.24) is 0 Å². The molecule has 1 aromatic rings. The van der Waals surface area contributed by atoms with Gasteiger partial charge in [-0.25, -0.2) is 4.39 Å². The molecule has 0 fully saturated rings. The molecule has 0 aliphatic rings. The maximum absolute atomic E-state index is 12.9. The molecular weight excluding hydrogens is 157 g/mol. The fourth-order valence-corrected chi connectivity index (χ4v) is 0.963. The van der Waals surface area contributed by atoms with Gasteiger partial charge in [-0.05, 0) is 19.1 Å². The molecule has 0 atom stereocenters. The molecule has 0 aliphatic heterocycles. The Morgan fingerprint density at radius 3 is 2.83 bits per heavy atom. The highest BCUT2D eigenvalue weighted by molar-refractivity contribution is 5.97. The lowest BCUT2D eigenvalue weighted by atomic mass is 10.1. The van der Waals surface area contributed by atoms with Gasteiger partial charge in [0, 0.05) is 0 Å². The van der Waals surface area contributed by atoms with Gasteiger partial charge < -0.3 is 5.73 Å². The smallest absolute Gasteiger partial charge is 0.179 e. The van der Waals surface area contributed by atoms with Gasteiger partial charge in [0.15, 0.2) is 5.78 Å². The van der Waals surface area contributed by atoms with E-state index in [2.05, 4.69) is 0 Å². The largest absolute Gasteiger partial charge is 0.324 e. The summed E-state index contributed by atoms with van der Waals surface area (Å²) in [5, 5.41) is 0. The van der Waals surface area contributed by atoms with Gasteiger partial charge in [-0.3, -0.25) is 4.79 Å². The van der Waals surface area contributed by atoms with Crippen molar-refractivity contribution in [2.45, 2.75) is 6.92 Å². The molecule has 0 unspecified atom stereocenters. The first-order valence-corrected chi connectivity index (χ1v) is 3.64. The van der Waals surface area contributed by atoms with Crippen molar-refractivity contribution in [2.75, 3.05) is 6.54 Å². The summed E-state index contributed by atoms with van der Waals surface area (Å²) in [6, 6.07) is 4.39. The van der Waals surface area contributed by atoms with Crippen LogP contribution in [0.3, 0.4) is 0 Å². The van der Waals surface area contributed by atoms with E-state index < -0.39 is 5.82 Å². The molecule has 0 aromatic heterocycles. The summed E-state index contributed by atoms with van der Waals surface area (Å²) in [6.07, 6.45) is 0. The van der Waals surface area contributed by atoms with E-state index >= 15 is 0 Å². The summed E-state index contributed by atoms with van der Waals surface area (Å²) >= 11 is 0. The van der Waals surface area contributed by atoms with Crippen LogP contribution in [-0.4, -0.2) is 12.3 Å². The maximum Gasteiger partial charge on any atom is 0.179 e. The molecule has 0 amide bonds. The lowest BCUT2D eigenvalue weighted by molar-refractivity contribution is 0.0997. The van der Waals surface area contributed by atoms with E-state index in [9.17, 15) is 9.18 Å². The Morgan fingerprint density at radius 1 is 1.58 bits per heavy atom. The predicted octanol–water partition coefficient (Wildman–Crippen LogP) is 1.28. The van der Waals surface area contributed by atoms with Gasteiger partial charge in [-0.2, -0.15) is 0 Å². The minimum Gasteiger partial charge on any atom is -0.324 e. The Balaban J connectivity index is 3.13. The van der Waals surface area contributed by atoms with Crippen LogP contribution in [0.1, 0.15) is 15.9 Å². The van der Waals surface area contributed by atoms with Gasteiger partial charge in [0.2, 0.25) is 0 Å². The number of ketones is 1. The Labute approximate surface area is 70.2 Å². The Bertz CT molecular complexity index is 309. The van der Waals surface area contributed by atoms with Crippen molar-refractivity contribution in [3.8, 4) is 0 Å². The third-order valence-corrected chi connectivity index (χ3v) is 1.61. The van der Waals surface area contributed by atoms with E-state index in [0.29, 0.717) is 0 Å². The van der Waals surface area contributed by atoms with Crippen molar-refractivity contribution in [2.24, 2.45) is 5.73 Å². The minimum atomic E-state index is -0.504. The number of halogens is 1. The number of Topliss-reactive ketones (excluding diaryl/α,β-unsaturated/α-hetero) is 1. The van der Waals surface area contributed by atoms with Gasteiger partial charge in [-0.15, -0.1) is 0 Å². The number of benzene rings is 1. The topological polar surface area (TPSA) is 43.1 Å². The highest BCUT2D eigenvalue weighted by Gasteiger charge is 2.08. The lowest BCUT2D eigenvalue weighted by Crippen LogP contribution is -2.15. The summed E-state index contributed by atoms with van der Waals surface area (Å²) in [5.41, 5.74) is 6.04. The van der Waals surface area contributed by atoms with Crippen molar-refractivity contribution in [3.05, 3.63) is 35.1 Å². The highest BCUT2D eigenvalue weighted by atomic mass is 19.1. The first kappa shape index (κ1) is 8.87. The van der Waals surface area contributed by atoms with Gasteiger partial charge in [0.05, 0.1) is 12.1 Å². The highest BCUT2D eigenvalue weighted by Crippen LogP contribution is 2.09. The second kappa shape index (κ2) is 3.45. The lowest BCUT2D eigenvalue weighted by Gasteiger charge is -2.00. The fraction of sp³-hybridized carbons (Fsp3) is 0.222. The first-order valence-electron chi connectivity index (χ1n) is 3.64. The quantitative estimate of drug-likeness (QED) is 0.674. The average molecular weight is 167 g/mol. The standard InChI is InChI=1S/C9H10FNO/c1-6-2-3-8(10)7(4-6)9(12)5-11/h2-4H,5,11H2,1H3. The molecule has 1 rings (SSSR count). The zero-order chi connectivity index (χ0) is 9.14. The molecule has 2 nitrogen and oxygen atoms in total. The normalized spacial score (nSPS) is 9.92. The Kier molecular flexibility index (Phi) is 2.55. The molecule has 0 spiro atoms. The number of carbonyl (C=O) groups is 1. The van der Waals surface area contributed by atoms with Crippen molar-refractivity contribution in [3.63, 3.8) is 0 Å². The predicted molar refractivity (Wildman–Crippen MR) is 44.5 cm³/mol. The number of hydrogen-bond donors (Lipinski definition) is 1. The van der Waals surface area contributed by atoms with Crippen LogP contribution in [0.5, 0.6) is 0 Å². The molecule has 0 bridgehead atoms. The van der Waals surface area contributed by atoms with E-state index in [0.717, 1.165) is 5.56 Å². The summed E-state index contributed by atoms with van der Waals surface area (Å²) in [7, 11) is 0. The van der Waals surface area contributed by atoms with Gasteiger partial charge in [0.1, 0.15) is 5.82 Å². The van der Waals surface area contributed by atoms with Gasteiger partial charge in [0.25, 0.3) is 0 Å².